The van der Waals surface area contributed by atoms with Crippen molar-refractivity contribution in [3.63, 3.8) is 0 Å². The summed E-state index contributed by atoms with van der Waals surface area (Å²) in [5.41, 5.74) is 8.89. The van der Waals surface area contributed by atoms with E-state index >= 15 is 0 Å². The number of amides is 5. The molecule has 7 aromatic rings. The van der Waals surface area contributed by atoms with Gasteiger partial charge in [-0.1, -0.05) is 146 Å². The Morgan fingerprint density at radius 3 is 1.60 bits per heavy atom. The fourth-order valence-electron chi connectivity index (χ4n) is 14.2. The van der Waals surface area contributed by atoms with E-state index in [1.807, 2.05) is 109 Å². The third-order valence-electron chi connectivity index (χ3n) is 20.1. The van der Waals surface area contributed by atoms with Crippen LogP contribution in [0.1, 0.15) is 107 Å². The van der Waals surface area contributed by atoms with Crippen LogP contribution in [-0.4, -0.2) is 226 Å². The van der Waals surface area contributed by atoms with Crippen LogP contribution >= 0.6 is 23.5 Å². The molecule has 3 unspecified atom stereocenters. The van der Waals surface area contributed by atoms with Gasteiger partial charge in [-0.25, -0.2) is 14.4 Å². The quantitative estimate of drug-likeness (QED) is 0.00766. The highest BCUT2D eigenvalue weighted by Crippen LogP contribution is 2.45. The number of rotatable bonds is 39. The standard InChI is InChI=1S/C85H97N5O22S2/c1-51(91)45-65-70(95)46-84(81(103)106-3,111-76(65)75(99)72(97)48-87-79(101)58-31-27-56(28-32-58)54-19-9-6-10-20-54)109-40-15-42-113-44-39-86-78(100)59-33-35-60(36-34-59)89-80(102)67(90-83(105)108-49-66-63-23-13-11-21-61(63)62-22-12-14-24-64(62)66)50-114-43-16-41-110-85(82(104)107-4)47-71(96)73(88-52(2)92)77(112-85)74(98)69(94)38-37-68(93)57-29-25-55(26-30-57)53-17-7-5-8-18-53/h5-14,17-36,65-67,69-77,94-99H,15-16,37-50H2,1-4H3,(H,86,100)(H,87,101)(H,88,92)(H,89,102)(H,90,105)/t65-,67?,69-,70-,71-,72-,73-,74-,75-,76?,77?,84-,85-/m1/s1. The van der Waals surface area contributed by atoms with Gasteiger partial charge < -0.3 is 95.2 Å². The normalized spacial score (nSPS) is 21.0. The summed E-state index contributed by atoms with van der Waals surface area (Å²) in [6.07, 6.45) is -15.4. The summed E-state index contributed by atoms with van der Waals surface area (Å²) >= 11 is 2.68. The van der Waals surface area contributed by atoms with Crippen LogP contribution in [0.4, 0.5) is 10.5 Å². The Balaban J connectivity index is 0.702. The maximum absolute atomic E-state index is 14.3. The Bertz CT molecular complexity index is 4370. The number of fused-ring (bicyclic) bond motifs is 3. The highest BCUT2D eigenvalue weighted by Gasteiger charge is 2.58. The largest absolute Gasteiger partial charge is 0.465 e. The van der Waals surface area contributed by atoms with Crippen molar-refractivity contribution in [3.8, 4) is 33.4 Å². The van der Waals surface area contributed by atoms with Gasteiger partial charge in [-0.2, -0.15) is 23.5 Å². The number of esters is 2. The molecule has 606 valence electrons. The zero-order valence-electron chi connectivity index (χ0n) is 63.6. The molecule has 2 heterocycles. The second kappa shape index (κ2) is 41.5. The lowest BCUT2D eigenvalue weighted by Crippen LogP contribution is -2.67. The summed E-state index contributed by atoms with van der Waals surface area (Å²) in [5, 5.41) is 82.4. The molecule has 0 aromatic heterocycles. The first kappa shape index (κ1) is 86.7. The maximum Gasteiger partial charge on any atom is 0.407 e. The van der Waals surface area contributed by atoms with E-state index in [2.05, 4.69) is 26.6 Å². The van der Waals surface area contributed by atoms with Gasteiger partial charge in [0.2, 0.25) is 11.8 Å². The van der Waals surface area contributed by atoms with Gasteiger partial charge in [0.15, 0.2) is 5.78 Å². The van der Waals surface area contributed by atoms with Crippen LogP contribution in [0.25, 0.3) is 33.4 Å². The highest BCUT2D eigenvalue weighted by molar-refractivity contribution is 7.99. The van der Waals surface area contributed by atoms with Crippen LogP contribution in [0.3, 0.4) is 0 Å². The summed E-state index contributed by atoms with van der Waals surface area (Å²) in [5.74, 6) is -9.85. The molecule has 7 aromatic carbocycles. The van der Waals surface area contributed by atoms with E-state index in [0.717, 1.165) is 58.7 Å². The molecular formula is C85H97N5O22S2. The first-order valence-electron chi connectivity index (χ1n) is 37.7. The molecule has 2 aliphatic heterocycles. The van der Waals surface area contributed by atoms with E-state index in [-0.39, 0.29) is 97.9 Å². The Labute approximate surface area is 668 Å². The molecular weight excluding hydrogens is 1510 g/mol. The molecule has 1 aliphatic carbocycles. The third kappa shape index (κ3) is 22.6. The van der Waals surface area contributed by atoms with Crippen molar-refractivity contribution in [2.24, 2.45) is 5.92 Å². The number of hydrogen-bond acceptors (Lipinski definition) is 24. The zero-order valence-corrected chi connectivity index (χ0v) is 65.2. The van der Waals surface area contributed by atoms with Crippen LogP contribution in [0.15, 0.2) is 182 Å². The first-order valence-corrected chi connectivity index (χ1v) is 40.0. The average Bonchev–Trinajstić information content (AvgIpc) is 1.06. The number of anilines is 1. The molecule has 114 heavy (non-hydrogen) atoms. The number of ketones is 2. The van der Waals surface area contributed by atoms with E-state index in [0.29, 0.717) is 23.5 Å². The van der Waals surface area contributed by atoms with E-state index in [1.54, 1.807) is 48.5 Å². The number of methoxy groups -OCH3 is 2. The summed E-state index contributed by atoms with van der Waals surface area (Å²) in [6.45, 7) is 1.85. The molecule has 10 rings (SSSR count). The number of ether oxygens (including phenoxy) is 7. The van der Waals surface area contributed by atoms with E-state index in [9.17, 15) is 73.8 Å². The Morgan fingerprint density at radius 1 is 0.553 bits per heavy atom. The smallest absolute Gasteiger partial charge is 0.407 e. The van der Waals surface area contributed by atoms with Crippen LogP contribution in [0.2, 0.25) is 0 Å². The molecule has 13 atom stereocenters. The van der Waals surface area contributed by atoms with Gasteiger partial charge in [0.1, 0.15) is 36.7 Å². The molecule has 2 saturated heterocycles. The minimum absolute atomic E-state index is 0.0173. The van der Waals surface area contributed by atoms with Crippen molar-refractivity contribution in [1.82, 2.24) is 21.3 Å². The van der Waals surface area contributed by atoms with Crippen molar-refractivity contribution in [2.75, 3.05) is 75.5 Å². The number of thioether (sulfide) groups is 2. The maximum atomic E-state index is 14.3. The number of Topliss-reactive ketones (excluding diaryl/α,β-unsaturated/α-hetero) is 2. The first-order chi connectivity index (χ1) is 54.9. The third-order valence-corrected chi connectivity index (χ3v) is 22.3. The van der Waals surface area contributed by atoms with Crippen LogP contribution in [0, 0.1) is 5.92 Å². The minimum Gasteiger partial charge on any atom is -0.465 e. The van der Waals surface area contributed by atoms with Crippen LogP contribution in [-0.2, 0) is 57.1 Å². The van der Waals surface area contributed by atoms with Gasteiger partial charge in [0, 0.05) is 91.4 Å². The van der Waals surface area contributed by atoms with Gasteiger partial charge in [0.05, 0.1) is 64.0 Å². The average molecular weight is 1600 g/mol. The monoisotopic (exact) mass is 1600 g/mol. The predicted octanol–water partition coefficient (Wildman–Crippen LogP) is 7.55. The predicted molar refractivity (Wildman–Crippen MR) is 426 cm³/mol. The lowest BCUT2D eigenvalue weighted by molar-refractivity contribution is -0.319. The van der Waals surface area contributed by atoms with E-state index < -0.39 is 139 Å². The van der Waals surface area contributed by atoms with Crippen molar-refractivity contribution >= 4 is 82.4 Å². The van der Waals surface area contributed by atoms with Crippen molar-refractivity contribution in [3.05, 3.63) is 210 Å². The number of alkyl carbamates (subject to hydrolysis) is 1. The molecule has 5 amide bonds. The summed E-state index contributed by atoms with van der Waals surface area (Å²) in [7, 11) is 2.16. The Kier molecular flexibility index (Phi) is 31.6. The van der Waals surface area contributed by atoms with Crippen LogP contribution in [0.5, 0.6) is 0 Å². The molecule has 11 N–H and O–H groups in total. The number of hydrogen-bond donors (Lipinski definition) is 11. The SMILES string of the molecule is COC(=O)[C@@]1(OCCCSCCNC(=O)c2ccc(NC(=O)C(CSCCCO[C@]3(C(=O)OC)C[C@@H](O)[C@@H](NC(C)=O)C([C@H](O)[C@H](O)CCC(=O)c4ccc(-c5ccccc5)cc4)O3)NC(=O)OCC3c4ccccc4-c4ccccc43)cc2)C[C@@H](O)[C@@H](CC(C)=O)C([C@H](O)[C@H](O)CNC(=O)c2ccc(-c3ccccc3)cc2)O1. The Hall–Kier alpha value is -9.73. The topological polar surface area (TPSA) is 400 Å². The number of nitrogens with one attached hydrogen (secondary N) is 5. The van der Waals surface area contributed by atoms with Gasteiger partial charge in [0.25, 0.3) is 23.4 Å². The second-order valence-electron chi connectivity index (χ2n) is 28.1. The number of aliphatic hydroxyl groups is 6. The van der Waals surface area contributed by atoms with Gasteiger partial charge >= 0.3 is 18.0 Å². The van der Waals surface area contributed by atoms with Gasteiger partial charge in [-0.3, -0.25) is 24.0 Å². The molecule has 29 heteroatoms. The van der Waals surface area contributed by atoms with E-state index in [1.165, 1.54) is 61.6 Å². The fraction of sp³-hybridized carbons (Fsp3) is 0.400. The van der Waals surface area contributed by atoms with Crippen LogP contribution < -0.4 is 26.6 Å². The molecule has 2 fully saturated rings. The lowest BCUT2D eigenvalue weighted by Gasteiger charge is -2.47. The minimum atomic E-state index is -2.36. The number of carbonyl (C=O) groups is 9. The molecule has 3 aliphatic rings. The van der Waals surface area contributed by atoms with E-state index in [4.69, 9.17) is 33.2 Å². The van der Waals surface area contributed by atoms with Crippen molar-refractivity contribution < 1.29 is 107 Å². The molecule has 0 spiro atoms. The summed E-state index contributed by atoms with van der Waals surface area (Å²) < 4.78 is 40.5. The highest BCUT2D eigenvalue weighted by atomic mass is 32.2. The lowest BCUT2D eigenvalue weighted by atomic mass is 9.80. The number of benzene rings is 7. The van der Waals surface area contributed by atoms with Crippen molar-refractivity contribution in [1.29, 1.82) is 0 Å². The number of aliphatic hydroxyl groups excluding tert-OH is 6. The Morgan fingerprint density at radius 2 is 1.04 bits per heavy atom. The zero-order chi connectivity index (χ0) is 81.5. The molecule has 0 radical (unpaired) electrons. The summed E-state index contributed by atoms with van der Waals surface area (Å²) in [4.78, 5) is 120. The number of carbonyl (C=O) groups excluding carboxylic acids is 9. The van der Waals surface area contributed by atoms with Gasteiger partial charge in [-0.05, 0) is 119 Å². The molecule has 0 saturated carbocycles. The second-order valence-corrected chi connectivity index (χ2v) is 30.5. The summed E-state index contributed by atoms with van der Waals surface area (Å²) in [6, 6.07) is 52.0. The fourth-order valence-corrected chi connectivity index (χ4v) is 15.9. The van der Waals surface area contributed by atoms with Crippen molar-refractivity contribution in [2.45, 2.75) is 137 Å². The molecule has 27 nitrogen and oxygen atoms in total. The van der Waals surface area contributed by atoms with Gasteiger partial charge in [-0.15, -0.1) is 0 Å². The molecule has 0 bridgehead atoms.